The summed E-state index contributed by atoms with van der Waals surface area (Å²) in [4.78, 5) is 47.9. The van der Waals surface area contributed by atoms with E-state index in [0.29, 0.717) is 37.3 Å². The number of benzene rings is 2. The SMILES string of the molecule is Cc1cc(C(=O)N2CCN(C(=O)N(C)C)CC2)cc(C)c1C=CS(=O)(=O)N1CCC2(CC1)N=C(c1cccc(OC(F)(F)F)c1)NC2=O. The summed E-state index contributed by atoms with van der Waals surface area (Å²) < 4.78 is 69.9. The van der Waals surface area contributed by atoms with E-state index in [0.717, 1.165) is 28.7 Å². The van der Waals surface area contributed by atoms with Crippen molar-refractivity contribution in [2.24, 2.45) is 4.99 Å². The van der Waals surface area contributed by atoms with Gasteiger partial charge in [0, 0.05) is 69.9 Å². The van der Waals surface area contributed by atoms with Crippen LogP contribution in [0.15, 0.2) is 46.8 Å². The molecule has 5 rings (SSSR count). The Morgan fingerprint density at radius 3 is 2.17 bits per heavy atom. The standard InChI is InChI=1S/C32H37F3N6O6S/c1-21-18-24(28(42)39-13-15-40(16-14-39)30(44)38(3)4)19-22(2)26(21)8-17-48(45,46)41-11-9-31(10-12-41)29(43)36-27(37-31)23-6-5-7-25(20-23)47-32(33,34)35/h5-8,17-20H,9-16H2,1-4H3,(H,36,37,43). The van der Waals surface area contributed by atoms with Gasteiger partial charge in [-0.05, 0) is 73.7 Å². The molecule has 2 fully saturated rings. The Labute approximate surface area is 276 Å². The molecule has 3 aliphatic rings. The fourth-order valence-corrected chi connectivity index (χ4v) is 7.28. The largest absolute Gasteiger partial charge is 0.573 e. The number of rotatable bonds is 6. The van der Waals surface area contributed by atoms with Gasteiger partial charge in [0.2, 0.25) is 10.0 Å². The Kier molecular flexibility index (Phi) is 9.61. The molecule has 0 aromatic heterocycles. The highest BCUT2D eigenvalue weighted by atomic mass is 32.2. The first-order valence-corrected chi connectivity index (χ1v) is 16.8. The lowest BCUT2D eigenvalue weighted by Crippen LogP contribution is -2.52. The fraction of sp³-hybridized carbons (Fsp3) is 0.438. The highest BCUT2D eigenvalue weighted by Crippen LogP contribution is 2.33. The minimum absolute atomic E-state index is 0.00685. The van der Waals surface area contributed by atoms with Crippen molar-refractivity contribution in [1.82, 2.24) is 24.3 Å². The van der Waals surface area contributed by atoms with E-state index in [-0.39, 0.29) is 49.3 Å². The number of hydrogen-bond acceptors (Lipinski definition) is 7. The molecule has 4 amide bonds. The summed E-state index contributed by atoms with van der Waals surface area (Å²) >= 11 is 0. The van der Waals surface area contributed by atoms with Crippen LogP contribution in [-0.4, -0.2) is 116 Å². The normalized spacial score (nSPS) is 18.6. The third kappa shape index (κ3) is 7.49. The van der Waals surface area contributed by atoms with E-state index in [9.17, 15) is 36.0 Å². The minimum Gasteiger partial charge on any atom is -0.406 e. The molecule has 2 saturated heterocycles. The van der Waals surface area contributed by atoms with Gasteiger partial charge in [0.15, 0.2) is 0 Å². The molecule has 2 aromatic carbocycles. The molecule has 0 aliphatic carbocycles. The number of piperidine rings is 1. The van der Waals surface area contributed by atoms with Crippen LogP contribution in [0.2, 0.25) is 0 Å². The van der Waals surface area contributed by atoms with Crippen LogP contribution in [0, 0.1) is 13.8 Å². The first kappa shape index (κ1) is 34.9. The molecular formula is C32H37F3N6O6S. The number of amidine groups is 1. The van der Waals surface area contributed by atoms with Crippen molar-refractivity contribution in [3.05, 3.63) is 69.6 Å². The van der Waals surface area contributed by atoms with E-state index in [1.165, 1.54) is 27.4 Å². The van der Waals surface area contributed by atoms with E-state index in [2.05, 4.69) is 15.0 Å². The number of carbonyl (C=O) groups excluding carboxylic acids is 3. The number of aliphatic imine (C=N–C) groups is 1. The summed E-state index contributed by atoms with van der Waals surface area (Å²) in [5.74, 6) is -0.964. The van der Waals surface area contributed by atoms with Crippen molar-refractivity contribution in [2.45, 2.75) is 38.6 Å². The zero-order valence-electron chi connectivity index (χ0n) is 27.0. The van der Waals surface area contributed by atoms with Crippen LogP contribution >= 0.6 is 0 Å². The van der Waals surface area contributed by atoms with Gasteiger partial charge in [-0.15, -0.1) is 13.2 Å². The lowest BCUT2D eigenvalue weighted by Gasteiger charge is -2.36. The van der Waals surface area contributed by atoms with Gasteiger partial charge in [0.25, 0.3) is 11.8 Å². The fourth-order valence-electron chi connectivity index (χ4n) is 6.11. The zero-order chi connectivity index (χ0) is 35.0. The molecule has 2 aromatic rings. The summed E-state index contributed by atoms with van der Waals surface area (Å²) in [7, 11) is -0.523. The Balaban J connectivity index is 1.23. The van der Waals surface area contributed by atoms with Gasteiger partial charge in [-0.1, -0.05) is 12.1 Å². The van der Waals surface area contributed by atoms with Crippen LogP contribution in [-0.2, 0) is 14.8 Å². The number of alkyl halides is 3. The lowest BCUT2D eigenvalue weighted by atomic mass is 9.89. The number of sulfonamides is 1. The summed E-state index contributed by atoms with van der Waals surface area (Å²) in [5.41, 5.74) is 1.57. The zero-order valence-corrected chi connectivity index (χ0v) is 27.8. The van der Waals surface area contributed by atoms with E-state index in [4.69, 9.17) is 0 Å². The quantitative estimate of drug-likeness (QED) is 0.495. The second kappa shape index (κ2) is 13.2. The molecule has 3 aliphatic heterocycles. The average Bonchev–Trinajstić information content (AvgIpc) is 3.34. The van der Waals surface area contributed by atoms with Gasteiger partial charge in [-0.25, -0.2) is 13.2 Å². The van der Waals surface area contributed by atoms with Crippen LogP contribution in [0.1, 0.15) is 45.5 Å². The van der Waals surface area contributed by atoms with Crippen molar-refractivity contribution >= 4 is 39.8 Å². The van der Waals surface area contributed by atoms with Crippen molar-refractivity contribution in [3.8, 4) is 5.75 Å². The lowest BCUT2D eigenvalue weighted by molar-refractivity contribution is -0.274. The molecule has 1 N–H and O–H groups in total. The number of nitrogens with zero attached hydrogens (tertiary/aromatic N) is 5. The number of carbonyl (C=O) groups is 3. The van der Waals surface area contributed by atoms with E-state index in [1.54, 1.807) is 49.9 Å². The van der Waals surface area contributed by atoms with Gasteiger partial charge >= 0.3 is 12.4 Å². The molecule has 16 heteroatoms. The number of aryl methyl sites for hydroxylation is 2. The van der Waals surface area contributed by atoms with Crippen molar-refractivity contribution in [1.29, 1.82) is 0 Å². The molecule has 12 nitrogen and oxygen atoms in total. The number of ether oxygens (including phenoxy) is 1. The Morgan fingerprint density at radius 1 is 0.979 bits per heavy atom. The van der Waals surface area contributed by atoms with E-state index in [1.807, 2.05) is 0 Å². The molecule has 0 unspecified atom stereocenters. The molecular weight excluding hydrogens is 653 g/mol. The molecule has 48 heavy (non-hydrogen) atoms. The summed E-state index contributed by atoms with van der Waals surface area (Å²) in [5, 5.41) is 3.73. The number of nitrogens with one attached hydrogen (secondary N) is 1. The third-order valence-corrected chi connectivity index (χ3v) is 10.3. The maximum atomic E-state index is 13.3. The Hall–Kier alpha value is -4.44. The average molecular weight is 691 g/mol. The monoisotopic (exact) mass is 690 g/mol. The van der Waals surface area contributed by atoms with E-state index < -0.39 is 33.6 Å². The molecule has 0 atom stereocenters. The predicted octanol–water partition coefficient (Wildman–Crippen LogP) is 3.35. The number of amides is 4. The molecule has 1 spiro atoms. The minimum atomic E-state index is -4.88. The molecule has 0 radical (unpaired) electrons. The Morgan fingerprint density at radius 2 is 1.58 bits per heavy atom. The number of halogens is 3. The number of hydrogen-bond donors (Lipinski definition) is 1. The molecule has 0 saturated carbocycles. The second-order valence-electron chi connectivity index (χ2n) is 12.2. The molecule has 3 heterocycles. The second-order valence-corrected chi connectivity index (χ2v) is 14.1. The summed E-state index contributed by atoms with van der Waals surface area (Å²) in [6.07, 6.45) is -3.21. The van der Waals surface area contributed by atoms with Crippen molar-refractivity contribution in [2.75, 3.05) is 53.4 Å². The van der Waals surface area contributed by atoms with Gasteiger partial charge in [0.05, 0.1) is 0 Å². The summed E-state index contributed by atoms with van der Waals surface area (Å²) in [6.45, 7) is 5.30. The highest BCUT2D eigenvalue weighted by molar-refractivity contribution is 7.92. The van der Waals surface area contributed by atoms with Gasteiger partial charge < -0.3 is 24.8 Å². The third-order valence-electron chi connectivity index (χ3n) is 8.70. The maximum absolute atomic E-state index is 13.3. The maximum Gasteiger partial charge on any atom is 0.573 e. The van der Waals surface area contributed by atoms with Gasteiger partial charge in [-0.2, -0.15) is 4.31 Å². The Bertz CT molecular complexity index is 1750. The van der Waals surface area contributed by atoms with Crippen molar-refractivity contribution < 1.29 is 40.7 Å². The predicted molar refractivity (Wildman–Crippen MR) is 172 cm³/mol. The summed E-state index contributed by atoms with van der Waals surface area (Å²) in [6, 6.07) is 8.46. The highest BCUT2D eigenvalue weighted by Gasteiger charge is 2.47. The van der Waals surface area contributed by atoms with Crippen molar-refractivity contribution in [3.63, 3.8) is 0 Å². The van der Waals surface area contributed by atoms with Crippen LogP contribution in [0.25, 0.3) is 6.08 Å². The van der Waals surface area contributed by atoms with Crippen LogP contribution < -0.4 is 10.1 Å². The van der Waals surface area contributed by atoms with Gasteiger partial charge in [0.1, 0.15) is 17.1 Å². The topological polar surface area (TPSA) is 132 Å². The first-order chi connectivity index (χ1) is 22.5. The molecule has 0 bridgehead atoms. The van der Waals surface area contributed by atoms with E-state index >= 15 is 0 Å². The van der Waals surface area contributed by atoms with Crippen LogP contribution in [0.4, 0.5) is 18.0 Å². The molecule has 258 valence electrons. The van der Waals surface area contributed by atoms with Crippen LogP contribution in [0.3, 0.4) is 0 Å². The van der Waals surface area contributed by atoms with Crippen LogP contribution in [0.5, 0.6) is 5.75 Å². The first-order valence-electron chi connectivity index (χ1n) is 15.3. The number of urea groups is 1. The smallest absolute Gasteiger partial charge is 0.406 e. The number of piperazine rings is 1. The van der Waals surface area contributed by atoms with Gasteiger partial charge in [-0.3, -0.25) is 14.6 Å².